The molecule has 0 spiro atoms. The van der Waals surface area contributed by atoms with Gasteiger partial charge in [-0.05, 0) is 30.2 Å². The van der Waals surface area contributed by atoms with Crippen LogP contribution in [0.5, 0.6) is 0 Å². The van der Waals surface area contributed by atoms with Crippen molar-refractivity contribution in [1.82, 2.24) is 4.90 Å². The molecule has 1 saturated heterocycles. The minimum Gasteiger partial charge on any atom is -0.477 e. The van der Waals surface area contributed by atoms with E-state index in [0.717, 1.165) is 16.9 Å². The summed E-state index contributed by atoms with van der Waals surface area (Å²) >= 11 is 1.13. The van der Waals surface area contributed by atoms with Crippen LogP contribution in [0.15, 0.2) is 29.6 Å². The van der Waals surface area contributed by atoms with Crippen LogP contribution in [0, 0.1) is 12.7 Å². The summed E-state index contributed by atoms with van der Waals surface area (Å²) in [7, 11) is 0. The summed E-state index contributed by atoms with van der Waals surface area (Å²) in [4.78, 5) is 27.2. The van der Waals surface area contributed by atoms with Crippen LogP contribution in [-0.4, -0.2) is 35.1 Å². The van der Waals surface area contributed by atoms with Crippen molar-refractivity contribution >= 4 is 29.0 Å². The second kappa shape index (κ2) is 6.00. The predicted octanol–water partition coefficient (Wildman–Crippen LogP) is 3.34. The number of halogens is 1. The number of carbonyl (C=O) groups is 2. The molecule has 0 aliphatic carbocycles. The number of nitrogens with zero attached hydrogens (tertiary/aromatic N) is 2. The van der Waals surface area contributed by atoms with E-state index in [2.05, 4.69) is 0 Å². The lowest BCUT2D eigenvalue weighted by Gasteiger charge is -2.18. The van der Waals surface area contributed by atoms with E-state index in [9.17, 15) is 14.0 Å². The lowest BCUT2D eigenvalue weighted by atomic mass is 10.2. The zero-order valence-electron chi connectivity index (χ0n) is 12.5. The first-order valence-corrected chi connectivity index (χ1v) is 7.97. The highest BCUT2D eigenvalue weighted by atomic mass is 32.1. The van der Waals surface area contributed by atoms with Crippen LogP contribution in [-0.2, 0) is 6.54 Å². The topological polar surface area (TPSA) is 60.9 Å². The van der Waals surface area contributed by atoms with E-state index in [1.54, 1.807) is 34.2 Å². The number of benzene rings is 1. The Bertz CT molecular complexity index is 757. The Hall–Kier alpha value is -2.41. The Morgan fingerprint density at radius 1 is 1.30 bits per heavy atom. The van der Waals surface area contributed by atoms with Gasteiger partial charge < -0.3 is 10.0 Å². The van der Waals surface area contributed by atoms with E-state index in [0.29, 0.717) is 30.9 Å². The predicted molar refractivity (Wildman–Crippen MR) is 85.6 cm³/mol. The Labute approximate surface area is 136 Å². The Morgan fingerprint density at radius 3 is 2.61 bits per heavy atom. The van der Waals surface area contributed by atoms with Crippen LogP contribution in [0.4, 0.5) is 14.9 Å². The largest absolute Gasteiger partial charge is 0.477 e. The summed E-state index contributed by atoms with van der Waals surface area (Å²) in [5.74, 6) is -1.29. The van der Waals surface area contributed by atoms with Gasteiger partial charge in [-0.25, -0.2) is 14.0 Å². The minimum atomic E-state index is -0.978. The average Bonchev–Trinajstić information content (AvgIpc) is 3.05. The highest BCUT2D eigenvalue weighted by molar-refractivity contribution is 7.12. The summed E-state index contributed by atoms with van der Waals surface area (Å²) in [6, 6.07) is 5.89. The fraction of sp³-hybridized carbons (Fsp3) is 0.250. The molecule has 0 atom stereocenters. The normalized spacial score (nSPS) is 14.6. The molecule has 1 fully saturated rings. The molecule has 0 saturated carbocycles. The third kappa shape index (κ3) is 2.92. The van der Waals surface area contributed by atoms with Gasteiger partial charge in [-0.1, -0.05) is 12.1 Å². The maximum absolute atomic E-state index is 12.9. The first-order valence-electron chi connectivity index (χ1n) is 7.09. The molecule has 120 valence electrons. The number of thiophene rings is 1. The van der Waals surface area contributed by atoms with Crippen molar-refractivity contribution in [2.24, 2.45) is 0 Å². The van der Waals surface area contributed by atoms with Crippen molar-refractivity contribution in [3.05, 3.63) is 51.5 Å². The van der Waals surface area contributed by atoms with Crippen molar-refractivity contribution in [3.8, 4) is 0 Å². The van der Waals surface area contributed by atoms with E-state index in [4.69, 9.17) is 5.11 Å². The minimum absolute atomic E-state index is 0.160. The Morgan fingerprint density at radius 2 is 2.00 bits per heavy atom. The van der Waals surface area contributed by atoms with Gasteiger partial charge in [0.15, 0.2) is 0 Å². The van der Waals surface area contributed by atoms with Gasteiger partial charge in [0.2, 0.25) is 0 Å². The van der Waals surface area contributed by atoms with Gasteiger partial charge in [0.1, 0.15) is 10.7 Å². The molecule has 7 heteroatoms. The molecule has 2 aromatic rings. The van der Waals surface area contributed by atoms with E-state index < -0.39 is 5.97 Å². The highest BCUT2D eigenvalue weighted by Gasteiger charge is 2.32. The lowest BCUT2D eigenvalue weighted by Crippen LogP contribution is -2.31. The smallest absolute Gasteiger partial charge is 0.346 e. The third-order valence-corrected chi connectivity index (χ3v) is 4.94. The molecule has 1 aliphatic heterocycles. The zero-order chi connectivity index (χ0) is 16.6. The van der Waals surface area contributed by atoms with Crippen molar-refractivity contribution in [2.75, 3.05) is 18.0 Å². The van der Waals surface area contributed by atoms with Crippen LogP contribution in [0.2, 0.25) is 0 Å². The van der Waals surface area contributed by atoms with Crippen molar-refractivity contribution in [1.29, 1.82) is 0 Å². The number of carbonyl (C=O) groups excluding carboxylic acids is 1. The van der Waals surface area contributed by atoms with Gasteiger partial charge in [0.25, 0.3) is 0 Å². The average molecular weight is 334 g/mol. The SMILES string of the molecule is Cc1c(N2CCN(Cc3ccc(F)cc3)C2=O)csc1C(=O)O. The van der Waals surface area contributed by atoms with Gasteiger partial charge in [0, 0.05) is 25.0 Å². The number of urea groups is 1. The van der Waals surface area contributed by atoms with Crippen molar-refractivity contribution < 1.29 is 19.1 Å². The number of hydrogen-bond donors (Lipinski definition) is 1. The van der Waals surface area contributed by atoms with Crippen LogP contribution >= 0.6 is 11.3 Å². The molecule has 0 radical (unpaired) electrons. The second-order valence-corrected chi connectivity index (χ2v) is 6.24. The van der Waals surface area contributed by atoms with Crippen LogP contribution in [0.3, 0.4) is 0 Å². The summed E-state index contributed by atoms with van der Waals surface area (Å²) in [5, 5.41) is 10.8. The van der Waals surface area contributed by atoms with E-state index in [-0.39, 0.29) is 16.7 Å². The molecule has 1 N–H and O–H groups in total. The molecule has 23 heavy (non-hydrogen) atoms. The van der Waals surface area contributed by atoms with Crippen molar-refractivity contribution in [3.63, 3.8) is 0 Å². The second-order valence-electron chi connectivity index (χ2n) is 5.36. The van der Waals surface area contributed by atoms with Gasteiger partial charge in [-0.2, -0.15) is 0 Å². The Balaban J connectivity index is 1.76. The molecular weight excluding hydrogens is 319 g/mol. The fourth-order valence-electron chi connectivity index (χ4n) is 2.65. The summed E-state index contributed by atoms with van der Waals surface area (Å²) in [6.45, 7) is 3.18. The number of hydrogen-bond acceptors (Lipinski definition) is 3. The molecule has 1 aliphatic rings. The number of carboxylic acids is 1. The summed E-state index contributed by atoms with van der Waals surface area (Å²) in [5.41, 5.74) is 2.12. The standard InChI is InChI=1S/C16H15FN2O3S/c1-10-13(9-23-14(10)15(20)21)19-7-6-18(16(19)22)8-11-2-4-12(17)5-3-11/h2-5,9H,6-8H2,1H3,(H,20,21). The molecule has 2 heterocycles. The van der Waals surface area contributed by atoms with Crippen LogP contribution < -0.4 is 4.90 Å². The Kier molecular flexibility index (Phi) is 4.04. The molecule has 0 bridgehead atoms. The summed E-state index contributed by atoms with van der Waals surface area (Å²) in [6.07, 6.45) is 0. The zero-order valence-corrected chi connectivity index (χ0v) is 13.3. The molecule has 5 nitrogen and oxygen atoms in total. The summed E-state index contributed by atoms with van der Waals surface area (Å²) < 4.78 is 12.9. The van der Waals surface area contributed by atoms with Gasteiger partial charge in [-0.15, -0.1) is 11.3 Å². The van der Waals surface area contributed by atoms with Gasteiger partial charge >= 0.3 is 12.0 Å². The first-order chi connectivity index (χ1) is 11.0. The van der Waals surface area contributed by atoms with Gasteiger partial charge in [-0.3, -0.25) is 4.90 Å². The fourth-order valence-corrected chi connectivity index (χ4v) is 3.56. The number of anilines is 1. The number of aromatic carboxylic acids is 1. The van der Waals surface area contributed by atoms with Crippen molar-refractivity contribution in [2.45, 2.75) is 13.5 Å². The van der Waals surface area contributed by atoms with E-state index >= 15 is 0 Å². The molecule has 1 aromatic carbocycles. The van der Waals surface area contributed by atoms with E-state index in [1.807, 2.05) is 0 Å². The lowest BCUT2D eigenvalue weighted by molar-refractivity contribution is 0.0701. The monoisotopic (exact) mass is 334 g/mol. The van der Waals surface area contributed by atoms with Crippen LogP contribution in [0.25, 0.3) is 0 Å². The first kappa shape index (κ1) is 15.5. The highest BCUT2D eigenvalue weighted by Crippen LogP contribution is 2.32. The molecule has 2 amide bonds. The number of carboxylic acid groups (broad SMARTS) is 1. The molecule has 1 aromatic heterocycles. The van der Waals surface area contributed by atoms with Crippen LogP contribution in [0.1, 0.15) is 20.8 Å². The third-order valence-electron chi connectivity index (χ3n) is 3.88. The maximum Gasteiger partial charge on any atom is 0.346 e. The number of amides is 2. The maximum atomic E-state index is 12.9. The molecule has 3 rings (SSSR count). The van der Waals surface area contributed by atoms with E-state index in [1.165, 1.54) is 12.1 Å². The molecular formula is C16H15FN2O3S. The molecule has 0 unspecified atom stereocenters. The quantitative estimate of drug-likeness (QED) is 0.933. The number of rotatable bonds is 4. The van der Waals surface area contributed by atoms with Gasteiger partial charge in [0.05, 0.1) is 5.69 Å².